The Hall–Kier alpha value is -3.67. The first-order valence-corrected chi connectivity index (χ1v) is 15.9. The number of thioether (sulfide) groups is 1. The summed E-state index contributed by atoms with van der Waals surface area (Å²) in [4.78, 5) is 28.4. The molecule has 0 bridgehead atoms. The lowest BCUT2D eigenvalue weighted by Gasteiger charge is -2.23. The molecule has 11 heteroatoms. The van der Waals surface area contributed by atoms with Gasteiger partial charge in [-0.15, -0.1) is 10.2 Å². The number of amides is 1. The van der Waals surface area contributed by atoms with E-state index in [1.807, 2.05) is 30.3 Å². The number of ether oxygens (including phenoxy) is 2. The van der Waals surface area contributed by atoms with E-state index >= 15 is 0 Å². The highest BCUT2D eigenvalue weighted by Gasteiger charge is 2.48. The van der Waals surface area contributed by atoms with Gasteiger partial charge >= 0.3 is 5.91 Å². The second kappa shape index (κ2) is 13.5. The van der Waals surface area contributed by atoms with Crippen molar-refractivity contribution in [3.8, 4) is 11.5 Å². The van der Waals surface area contributed by atoms with Gasteiger partial charge in [0.15, 0.2) is 15.8 Å². The van der Waals surface area contributed by atoms with Crippen LogP contribution in [0.1, 0.15) is 42.5 Å². The lowest BCUT2D eigenvalue weighted by atomic mass is 9.95. The second-order valence-corrected chi connectivity index (χ2v) is 12.5. The summed E-state index contributed by atoms with van der Waals surface area (Å²) in [6.07, 6.45) is 1.87. The van der Waals surface area contributed by atoms with Gasteiger partial charge in [-0.3, -0.25) is 14.5 Å². The molecular weight excluding hydrogens is 638 g/mol. The van der Waals surface area contributed by atoms with E-state index in [1.54, 1.807) is 42.5 Å². The summed E-state index contributed by atoms with van der Waals surface area (Å²) in [5.41, 5.74) is 2.05. The standard InChI is InChI=1S/C31H28BrN3O5S2/c1-3-4-16-40-23-15-12-21(17-24(23)39-2)26-25(27(36)20-10-13-22(32)14-11-20)28(37)29(38)35(26)30-33-34-31(42-30)41-18-19-8-6-5-7-9-19/h5-15,17,26,36H,3-4,16,18H2,1-2H3/b27-25-. The quantitative estimate of drug-likeness (QED) is 0.0441. The maximum Gasteiger partial charge on any atom is 0.301 e. The van der Waals surface area contributed by atoms with E-state index in [-0.39, 0.29) is 16.5 Å². The average molecular weight is 667 g/mol. The number of Topliss-reactive ketones (excluding diaryl/α,β-unsaturated/α-hetero) is 1. The van der Waals surface area contributed by atoms with Crippen LogP contribution in [0.2, 0.25) is 0 Å². The molecule has 5 rings (SSSR count). The van der Waals surface area contributed by atoms with Crippen LogP contribution in [-0.4, -0.2) is 40.7 Å². The Labute approximate surface area is 260 Å². The molecule has 42 heavy (non-hydrogen) atoms. The number of aliphatic hydroxyl groups is 1. The van der Waals surface area contributed by atoms with Crippen LogP contribution in [0.3, 0.4) is 0 Å². The molecule has 1 unspecified atom stereocenters. The number of aliphatic hydroxyl groups excluding tert-OH is 1. The summed E-state index contributed by atoms with van der Waals surface area (Å²) in [5.74, 6) is -0.200. The maximum atomic E-state index is 13.6. The fraction of sp³-hybridized carbons (Fsp3) is 0.226. The number of rotatable bonds is 11. The number of nitrogens with zero attached hydrogens (tertiary/aromatic N) is 3. The zero-order valence-electron chi connectivity index (χ0n) is 23.0. The topological polar surface area (TPSA) is 102 Å². The molecule has 1 N–H and O–H groups in total. The van der Waals surface area contributed by atoms with Gasteiger partial charge < -0.3 is 14.6 Å². The number of hydrogen-bond donors (Lipinski definition) is 1. The van der Waals surface area contributed by atoms with Crippen LogP contribution < -0.4 is 14.4 Å². The number of ketones is 1. The van der Waals surface area contributed by atoms with Gasteiger partial charge in [0, 0.05) is 15.8 Å². The van der Waals surface area contributed by atoms with Gasteiger partial charge in [-0.25, -0.2) is 0 Å². The number of carbonyl (C=O) groups excluding carboxylic acids is 2. The third-order valence-electron chi connectivity index (χ3n) is 6.63. The van der Waals surface area contributed by atoms with Gasteiger partial charge in [-0.05, 0) is 41.8 Å². The zero-order chi connectivity index (χ0) is 29.6. The van der Waals surface area contributed by atoms with Gasteiger partial charge in [0.05, 0.1) is 25.3 Å². The van der Waals surface area contributed by atoms with Crippen molar-refractivity contribution < 1.29 is 24.2 Å². The van der Waals surface area contributed by atoms with Gasteiger partial charge in [0.1, 0.15) is 5.76 Å². The van der Waals surface area contributed by atoms with Gasteiger partial charge in [0.25, 0.3) is 5.78 Å². The van der Waals surface area contributed by atoms with Crippen LogP contribution in [0.25, 0.3) is 5.76 Å². The normalized spacial score (nSPS) is 16.2. The van der Waals surface area contributed by atoms with Crippen molar-refractivity contribution in [1.82, 2.24) is 10.2 Å². The predicted molar refractivity (Wildman–Crippen MR) is 168 cm³/mol. The van der Waals surface area contributed by atoms with E-state index in [4.69, 9.17) is 9.47 Å². The highest BCUT2D eigenvalue weighted by Crippen LogP contribution is 2.45. The minimum atomic E-state index is -0.966. The van der Waals surface area contributed by atoms with Crippen LogP contribution in [0.5, 0.6) is 11.5 Å². The van der Waals surface area contributed by atoms with Crippen LogP contribution in [-0.2, 0) is 15.3 Å². The first-order chi connectivity index (χ1) is 20.4. The molecule has 1 aliphatic rings. The molecule has 0 saturated carbocycles. The highest BCUT2D eigenvalue weighted by molar-refractivity contribution is 9.10. The number of unbranched alkanes of at least 4 members (excludes halogenated alkanes) is 1. The van der Waals surface area contributed by atoms with E-state index < -0.39 is 17.7 Å². The van der Waals surface area contributed by atoms with Crippen molar-refractivity contribution in [3.63, 3.8) is 0 Å². The summed E-state index contributed by atoms with van der Waals surface area (Å²) in [7, 11) is 1.53. The van der Waals surface area contributed by atoms with Crippen molar-refractivity contribution in [3.05, 3.63) is 99.5 Å². The van der Waals surface area contributed by atoms with E-state index in [2.05, 4.69) is 33.1 Å². The van der Waals surface area contributed by atoms with Crippen molar-refractivity contribution in [1.29, 1.82) is 0 Å². The molecule has 0 aliphatic carbocycles. The number of hydrogen-bond acceptors (Lipinski definition) is 9. The van der Waals surface area contributed by atoms with Crippen LogP contribution in [0, 0.1) is 0 Å². The summed E-state index contributed by atoms with van der Waals surface area (Å²) in [6.45, 7) is 2.61. The molecule has 8 nitrogen and oxygen atoms in total. The summed E-state index contributed by atoms with van der Waals surface area (Å²) in [6, 6.07) is 21.1. The van der Waals surface area contributed by atoms with Crippen molar-refractivity contribution in [2.45, 2.75) is 35.9 Å². The van der Waals surface area contributed by atoms with Gasteiger partial charge in [-0.1, -0.05) is 101 Å². The second-order valence-electron chi connectivity index (χ2n) is 9.41. The number of anilines is 1. The predicted octanol–water partition coefficient (Wildman–Crippen LogP) is 7.41. The lowest BCUT2D eigenvalue weighted by Crippen LogP contribution is -2.29. The van der Waals surface area contributed by atoms with E-state index in [0.717, 1.165) is 22.9 Å². The molecule has 1 saturated heterocycles. The molecule has 1 fully saturated rings. The fourth-order valence-electron chi connectivity index (χ4n) is 4.49. The Kier molecular flexibility index (Phi) is 9.61. The highest BCUT2D eigenvalue weighted by atomic mass is 79.9. The minimum Gasteiger partial charge on any atom is -0.507 e. The van der Waals surface area contributed by atoms with Crippen LogP contribution in [0.4, 0.5) is 5.13 Å². The third-order valence-corrected chi connectivity index (χ3v) is 9.28. The first-order valence-electron chi connectivity index (χ1n) is 13.3. The monoisotopic (exact) mass is 665 g/mol. The Morgan fingerprint density at radius 2 is 1.81 bits per heavy atom. The van der Waals surface area contributed by atoms with E-state index in [0.29, 0.717) is 39.3 Å². The SMILES string of the molecule is CCCCOc1ccc(C2/C(=C(/O)c3ccc(Br)cc3)C(=O)C(=O)N2c2nnc(SCc3ccccc3)s2)cc1OC. The van der Waals surface area contributed by atoms with Crippen LogP contribution >= 0.6 is 39.0 Å². The van der Waals surface area contributed by atoms with Crippen molar-refractivity contribution in [2.75, 3.05) is 18.6 Å². The molecule has 1 aliphatic heterocycles. The molecule has 4 aromatic rings. The molecule has 216 valence electrons. The largest absolute Gasteiger partial charge is 0.507 e. The number of halogens is 1. The van der Waals surface area contributed by atoms with E-state index in [1.165, 1.54) is 35.1 Å². The summed E-state index contributed by atoms with van der Waals surface area (Å²) in [5, 5.41) is 20.2. The Morgan fingerprint density at radius 3 is 2.52 bits per heavy atom. The smallest absolute Gasteiger partial charge is 0.301 e. The molecule has 1 atom stereocenters. The molecule has 0 spiro atoms. The molecule has 0 radical (unpaired) electrons. The molecule has 1 aromatic heterocycles. The minimum absolute atomic E-state index is 0.0438. The first kappa shape index (κ1) is 29.8. The Balaban J connectivity index is 1.56. The summed E-state index contributed by atoms with van der Waals surface area (Å²) >= 11 is 6.11. The van der Waals surface area contributed by atoms with E-state index in [9.17, 15) is 14.7 Å². The number of benzene rings is 3. The zero-order valence-corrected chi connectivity index (χ0v) is 26.2. The fourth-order valence-corrected chi connectivity index (χ4v) is 6.57. The summed E-state index contributed by atoms with van der Waals surface area (Å²) < 4.78 is 13.0. The lowest BCUT2D eigenvalue weighted by molar-refractivity contribution is -0.132. The average Bonchev–Trinajstić information content (AvgIpc) is 3.58. The number of methoxy groups -OCH3 is 1. The Bertz CT molecular complexity index is 1610. The van der Waals surface area contributed by atoms with Crippen molar-refractivity contribution >= 4 is 61.6 Å². The molecule has 2 heterocycles. The van der Waals surface area contributed by atoms with Gasteiger partial charge in [-0.2, -0.15) is 0 Å². The van der Waals surface area contributed by atoms with Crippen molar-refractivity contribution in [2.24, 2.45) is 0 Å². The van der Waals surface area contributed by atoms with Crippen LogP contribution in [0.15, 0.2) is 87.2 Å². The number of carbonyl (C=O) groups is 2. The maximum absolute atomic E-state index is 13.6. The molecular formula is C31H28BrN3O5S2. The number of aromatic nitrogens is 2. The molecule has 1 amide bonds. The van der Waals surface area contributed by atoms with Gasteiger partial charge in [0.2, 0.25) is 5.13 Å². The Morgan fingerprint density at radius 1 is 1.05 bits per heavy atom. The third kappa shape index (κ3) is 6.38. The molecule has 3 aromatic carbocycles.